The number of anilines is 1. The SMILES string of the molecule is CC(=O)c1ccc(N(S(C)(=O)=O)S(C)(=O)=O)cc1Cl. The summed E-state index contributed by atoms with van der Waals surface area (Å²) in [5, 5.41) is -0.0118. The summed E-state index contributed by atoms with van der Waals surface area (Å²) in [7, 11) is -8.05. The van der Waals surface area contributed by atoms with Crippen molar-refractivity contribution in [1.82, 2.24) is 0 Å². The zero-order valence-corrected chi connectivity index (χ0v) is 12.8. The number of halogens is 1. The monoisotopic (exact) mass is 325 g/mol. The van der Waals surface area contributed by atoms with Crippen molar-refractivity contribution in [1.29, 1.82) is 0 Å². The van der Waals surface area contributed by atoms with Gasteiger partial charge in [-0.25, -0.2) is 16.8 Å². The van der Waals surface area contributed by atoms with Crippen molar-refractivity contribution in [2.24, 2.45) is 0 Å². The third kappa shape index (κ3) is 3.68. The van der Waals surface area contributed by atoms with Gasteiger partial charge < -0.3 is 0 Å². The van der Waals surface area contributed by atoms with Gasteiger partial charge in [0.25, 0.3) is 0 Å². The highest BCUT2D eigenvalue weighted by Crippen LogP contribution is 2.27. The number of ketones is 1. The van der Waals surface area contributed by atoms with E-state index >= 15 is 0 Å². The second-order valence-electron chi connectivity index (χ2n) is 3.94. The third-order valence-corrected chi connectivity index (χ3v) is 5.71. The van der Waals surface area contributed by atoms with Crippen LogP contribution in [-0.4, -0.2) is 35.1 Å². The number of Topliss-reactive ketones (excluding diaryl/α,β-unsaturated/α-hetero) is 1. The largest absolute Gasteiger partial charge is 0.294 e. The minimum absolute atomic E-state index is 0.0118. The molecule has 9 heteroatoms. The lowest BCUT2D eigenvalue weighted by Crippen LogP contribution is -2.35. The Morgan fingerprint density at radius 2 is 1.58 bits per heavy atom. The Hall–Kier alpha value is -1.12. The predicted octanol–water partition coefficient (Wildman–Crippen LogP) is 1.27. The molecule has 0 aliphatic heterocycles. The maximum Gasteiger partial charge on any atom is 0.245 e. The Morgan fingerprint density at radius 1 is 1.11 bits per heavy atom. The summed E-state index contributed by atoms with van der Waals surface area (Å²) in [6.07, 6.45) is 1.53. The molecule has 0 atom stereocenters. The Bertz CT molecular complexity index is 692. The number of carbonyl (C=O) groups excluding carboxylic acids is 1. The van der Waals surface area contributed by atoms with Crippen molar-refractivity contribution in [3.63, 3.8) is 0 Å². The zero-order chi connectivity index (χ0) is 15.0. The highest BCUT2D eigenvalue weighted by molar-refractivity contribution is 8.09. The number of hydrogen-bond acceptors (Lipinski definition) is 5. The molecule has 0 aliphatic rings. The fraction of sp³-hybridized carbons (Fsp3) is 0.300. The first-order valence-electron chi connectivity index (χ1n) is 4.95. The van der Waals surface area contributed by atoms with E-state index in [4.69, 9.17) is 11.6 Å². The number of rotatable bonds is 4. The van der Waals surface area contributed by atoms with Crippen LogP contribution in [0.15, 0.2) is 18.2 Å². The molecule has 0 aliphatic carbocycles. The summed E-state index contributed by atoms with van der Waals surface area (Å²) >= 11 is 5.83. The molecule has 106 valence electrons. The van der Waals surface area contributed by atoms with Crippen LogP contribution in [0.5, 0.6) is 0 Å². The van der Waals surface area contributed by atoms with Gasteiger partial charge in [0.1, 0.15) is 0 Å². The molecule has 0 saturated carbocycles. The van der Waals surface area contributed by atoms with Gasteiger partial charge in [-0.1, -0.05) is 11.6 Å². The quantitative estimate of drug-likeness (QED) is 0.778. The van der Waals surface area contributed by atoms with Crippen molar-refractivity contribution in [2.45, 2.75) is 6.92 Å². The summed E-state index contributed by atoms with van der Waals surface area (Å²) in [4.78, 5) is 11.2. The molecule has 0 saturated heterocycles. The summed E-state index contributed by atoms with van der Waals surface area (Å²) in [6, 6.07) is 3.62. The molecule has 0 amide bonds. The van der Waals surface area contributed by atoms with Gasteiger partial charge in [-0.3, -0.25) is 4.79 Å². The molecule has 0 aromatic heterocycles. The molecular weight excluding hydrogens is 314 g/mol. The van der Waals surface area contributed by atoms with E-state index in [1.807, 2.05) is 0 Å². The van der Waals surface area contributed by atoms with Crippen LogP contribution >= 0.6 is 11.6 Å². The third-order valence-electron chi connectivity index (χ3n) is 2.15. The molecule has 0 heterocycles. The molecule has 1 aromatic carbocycles. The van der Waals surface area contributed by atoms with Crippen LogP contribution in [0.4, 0.5) is 5.69 Å². The van der Waals surface area contributed by atoms with Gasteiger partial charge in [0.2, 0.25) is 20.0 Å². The van der Waals surface area contributed by atoms with Crippen LogP contribution < -0.4 is 3.71 Å². The minimum Gasteiger partial charge on any atom is -0.294 e. The van der Waals surface area contributed by atoms with Crippen molar-refractivity contribution in [3.8, 4) is 0 Å². The molecule has 0 spiro atoms. The Balaban J connectivity index is 3.52. The zero-order valence-electron chi connectivity index (χ0n) is 10.4. The molecule has 1 rings (SSSR count). The minimum atomic E-state index is -4.02. The second-order valence-corrected chi connectivity index (χ2v) is 8.24. The van der Waals surface area contributed by atoms with Crippen LogP contribution in [0, 0.1) is 0 Å². The standard InChI is InChI=1S/C10H12ClNO5S2/c1-7(13)9-5-4-8(6-10(9)11)12(18(2,14)15)19(3,16)17/h4-6H,1-3H3. The van der Waals surface area contributed by atoms with Crippen molar-refractivity contribution < 1.29 is 21.6 Å². The van der Waals surface area contributed by atoms with E-state index in [0.717, 1.165) is 18.6 Å². The molecule has 1 aromatic rings. The summed E-state index contributed by atoms with van der Waals surface area (Å²) in [5.41, 5.74) is 0.0485. The topological polar surface area (TPSA) is 88.6 Å². The molecule has 0 bridgehead atoms. The predicted molar refractivity (Wildman–Crippen MR) is 73.6 cm³/mol. The molecular formula is C10H12ClNO5S2. The molecule has 0 unspecified atom stereocenters. The Labute approximate surface area is 117 Å². The highest BCUT2D eigenvalue weighted by Gasteiger charge is 2.27. The van der Waals surface area contributed by atoms with Gasteiger partial charge in [0.05, 0.1) is 23.2 Å². The Kier molecular flexibility index (Phi) is 4.28. The smallest absolute Gasteiger partial charge is 0.245 e. The second kappa shape index (κ2) is 5.10. The van der Waals surface area contributed by atoms with E-state index in [2.05, 4.69) is 0 Å². The van der Waals surface area contributed by atoms with Crippen molar-refractivity contribution >= 4 is 43.1 Å². The fourth-order valence-electron chi connectivity index (χ4n) is 1.53. The molecule has 0 fully saturated rings. The first-order chi connectivity index (χ1) is 8.44. The number of hydrogen-bond donors (Lipinski definition) is 0. The number of carbonyl (C=O) groups is 1. The van der Waals surface area contributed by atoms with Crippen LogP contribution in [0.1, 0.15) is 17.3 Å². The van der Waals surface area contributed by atoms with E-state index in [9.17, 15) is 21.6 Å². The maximum atomic E-state index is 11.5. The molecule has 19 heavy (non-hydrogen) atoms. The van der Waals surface area contributed by atoms with Crippen LogP contribution in [0.25, 0.3) is 0 Å². The van der Waals surface area contributed by atoms with Crippen LogP contribution in [0.3, 0.4) is 0 Å². The number of nitrogens with zero attached hydrogens (tertiary/aromatic N) is 1. The molecule has 0 N–H and O–H groups in total. The normalized spacial score (nSPS) is 12.2. The van der Waals surface area contributed by atoms with Gasteiger partial charge >= 0.3 is 0 Å². The van der Waals surface area contributed by atoms with Gasteiger partial charge in [0.15, 0.2) is 5.78 Å². The summed E-state index contributed by atoms with van der Waals surface area (Å²) in [5.74, 6) is -0.304. The summed E-state index contributed by atoms with van der Waals surface area (Å²) in [6.45, 7) is 1.30. The number of sulfonamides is 2. The summed E-state index contributed by atoms with van der Waals surface area (Å²) < 4.78 is 46.4. The molecule has 0 radical (unpaired) electrons. The van der Waals surface area contributed by atoms with Gasteiger partial charge in [0, 0.05) is 5.56 Å². The number of benzene rings is 1. The van der Waals surface area contributed by atoms with E-state index in [0.29, 0.717) is 0 Å². The van der Waals surface area contributed by atoms with E-state index in [1.54, 1.807) is 0 Å². The lowest BCUT2D eigenvalue weighted by atomic mass is 10.1. The first-order valence-corrected chi connectivity index (χ1v) is 9.03. The van der Waals surface area contributed by atoms with Gasteiger partial charge in [-0.15, -0.1) is 0 Å². The highest BCUT2D eigenvalue weighted by atomic mass is 35.5. The fourth-order valence-corrected chi connectivity index (χ4v) is 4.80. The lowest BCUT2D eigenvalue weighted by molar-refractivity contribution is 0.101. The van der Waals surface area contributed by atoms with E-state index < -0.39 is 20.0 Å². The van der Waals surface area contributed by atoms with Gasteiger partial charge in [-0.2, -0.15) is 3.71 Å². The maximum absolute atomic E-state index is 11.5. The lowest BCUT2D eigenvalue weighted by Gasteiger charge is -2.20. The Morgan fingerprint density at radius 3 is 1.89 bits per heavy atom. The average molecular weight is 326 g/mol. The van der Waals surface area contributed by atoms with Crippen LogP contribution in [0.2, 0.25) is 5.02 Å². The van der Waals surface area contributed by atoms with Crippen LogP contribution in [-0.2, 0) is 20.0 Å². The van der Waals surface area contributed by atoms with Crippen molar-refractivity contribution in [2.75, 3.05) is 16.2 Å². The first kappa shape index (κ1) is 15.9. The van der Waals surface area contributed by atoms with Gasteiger partial charge in [-0.05, 0) is 25.1 Å². The average Bonchev–Trinajstić information content (AvgIpc) is 2.11. The molecule has 6 nitrogen and oxygen atoms in total. The van der Waals surface area contributed by atoms with E-state index in [1.165, 1.54) is 19.1 Å². The van der Waals surface area contributed by atoms with E-state index in [-0.39, 0.29) is 25.8 Å². The van der Waals surface area contributed by atoms with Crippen molar-refractivity contribution in [3.05, 3.63) is 28.8 Å².